The number of aliphatic imine (C=N–C) groups is 2. The topological polar surface area (TPSA) is 63.0 Å². The fourth-order valence-corrected chi connectivity index (χ4v) is 5.13. The molecule has 0 bridgehead atoms. The molecule has 0 radical (unpaired) electrons. The molecule has 0 aromatic heterocycles. The monoisotopic (exact) mass is 455 g/mol. The number of rotatable bonds is 5. The van der Waals surface area contributed by atoms with Gasteiger partial charge in [-0.05, 0) is 43.9 Å². The third-order valence-corrected chi connectivity index (χ3v) is 6.82. The Labute approximate surface area is 192 Å². The quantitative estimate of drug-likeness (QED) is 0.603. The molecule has 162 valence electrons. The van der Waals surface area contributed by atoms with Crippen molar-refractivity contribution in [2.45, 2.75) is 44.2 Å². The number of anilines is 1. The Balaban J connectivity index is 1.48. The summed E-state index contributed by atoms with van der Waals surface area (Å²) in [5.41, 5.74) is 2.25. The highest BCUT2D eigenvalue weighted by atomic mass is 35.5. The second-order valence-electron chi connectivity index (χ2n) is 7.83. The van der Waals surface area contributed by atoms with Crippen molar-refractivity contribution in [1.82, 2.24) is 0 Å². The number of hydrogen-bond donors (Lipinski definition) is 1. The van der Waals surface area contributed by atoms with Gasteiger partial charge in [0, 0.05) is 11.3 Å². The molecular formula is C24H26ClN3O2S. The molecule has 1 spiro atoms. The van der Waals surface area contributed by atoms with Crippen LogP contribution in [-0.4, -0.2) is 35.2 Å². The average Bonchev–Trinajstić information content (AvgIpc) is 2.97. The lowest BCUT2D eigenvalue weighted by molar-refractivity contribution is -0.113. The van der Waals surface area contributed by atoms with Crippen molar-refractivity contribution < 1.29 is 9.53 Å². The van der Waals surface area contributed by atoms with Gasteiger partial charge in [-0.15, -0.1) is 0 Å². The Bertz CT molecular complexity index is 999. The molecule has 2 aromatic rings. The smallest absolute Gasteiger partial charge is 0.234 e. The summed E-state index contributed by atoms with van der Waals surface area (Å²) in [5, 5.41) is 4.22. The number of thioether (sulfide) groups is 1. The lowest BCUT2D eigenvalue weighted by atomic mass is 10.0. The summed E-state index contributed by atoms with van der Waals surface area (Å²) in [4.78, 5) is 22.8. The van der Waals surface area contributed by atoms with Gasteiger partial charge in [-0.25, -0.2) is 4.99 Å². The maximum atomic E-state index is 12.6. The number of nitrogens with zero attached hydrogens (tertiary/aromatic N) is 2. The van der Waals surface area contributed by atoms with E-state index in [2.05, 4.69) is 17.4 Å². The van der Waals surface area contributed by atoms with Gasteiger partial charge in [0.1, 0.15) is 10.8 Å². The van der Waals surface area contributed by atoms with E-state index in [1.165, 1.54) is 24.6 Å². The Morgan fingerprint density at radius 3 is 2.52 bits per heavy atom. The predicted molar refractivity (Wildman–Crippen MR) is 130 cm³/mol. The van der Waals surface area contributed by atoms with Crippen LogP contribution in [0.3, 0.4) is 0 Å². The van der Waals surface area contributed by atoms with Gasteiger partial charge in [0.25, 0.3) is 0 Å². The van der Waals surface area contributed by atoms with Gasteiger partial charge < -0.3 is 10.1 Å². The Morgan fingerprint density at radius 1 is 1.10 bits per heavy atom. The maximum absolute atomic E-state index is 12.6. The highest BCUT2D eigenvalue weighted by Gasteiger charge is 2.37. The third kappa shape index (κ3) is 5.31. The van der Waals surface area contributed by atoms with Crippen LogP contribution in [-0.2, 0) is 4.79 Å². The summed E-state index contributed by atoms with van der Waals surface area (Å²) in [6.45, 7) is 0. The van der Waals surface area contributed by atoms with E-state index in [1.807, 2.05) is 18.2 Å². The van der Waals surface area contributed by atoms with Crippen LogP contribution in [0.1, 0.15) is 44.1 Å². The summed E-state index contributed by atoms with van der Waals surface area (Å²) in [5.74, 6) is 0.722. The minimum Gasteiger partial charge on any atom is -0.495 e. The van der Waals surface area contributed by atoms with Crippen molar-refractivity contribution in [2.75, 3.05) is 18.2 Å². The third-order valence-electron chi connectivity index (χ3n) is 5.56. The van der Waals surface area contributed by atoms with Crippen molar-refractivity contribution >= 4 is 45.7 Å². The zero-order chi connectivity index (χ0) is 21.7. The Morgan fingerprint density at radius 2 is 1.84 bits per heavy atom. The molecule has 5 nitrogen and oxygen atoms in total. The minimum absolute atomic E-state index is 0.108. The molecule has 0 atom stereocenters. The van der Waals surface area contributed by atoms with E-state index in [1.54, 1.807) is 25.3 Å². The number of halogens is 1. The lowest BCUT2D eigenvalue weighted by Gasteiger charge is -2.20. The first kappa shape index (κ1) is 21.9. The molecule has 2 aromatic carbocycles. The van der Waals surface area contributed by atoms with Crippen LogP contribution in [0, 0.1) is 0 Å². The molecule has 31 heavy (non-hydrogen) atoms. The Hall–Kier alpha value is -2.31. The number of amides is 1. The molecule has 1 amide bonds. The zero-order valence-corrected chi connectivity index (χ0v) is 19.1. The molecule has 2 aliphatic rings. The highest BCUT2D eigenvalue weighted by Crippen LogP contribution is 2.38. The number of methoxy groups -OCH3 is 1. The Kier molecular flexibility index (Phi) is 6.98. The molecule has 0 saturated heterocycles. The SMILES string of the molecule is COc1ccc(NC(=O)CSC2=NC3(CCCCCC3)N=C2c2ccccc2)cc1Cl. The average molecular weight is 456 g/mol. The summed E-state index contributed by atoms with van der Waals surface area (Å²) < 4.78 is 5.16. The largest absolute Gasteiger partial charge is 0.495 e. The van der Waals surface area contributed by atoms with Crippen LogP contribution in [0.5, 0.6) is 5.75 Å². The van der Waals surface area contributed by atoms with Crippen molar-refractivity contribution in [3.8, 4) is 5.75 Å². The van der Waals surface area contributed by atoms with E-state index in [0.29, 0.717) is 16.5 Å². The number of nitrogens with one attached hydrogen (secondary N) is 1. The molecule has 1 fully saturated rings. The van der Waals surface area contributed by atoms with E-state index >= 15 is 0 Å². The van der Waals surface area contributed by atoms with Gasteiger partial charge >= 0.3 is 0 Å². The van der Waals surface area contributed by atoms with Crippen LogP contribution in [0.4, 0.5) is 5.69 Å². The molecule has 1 saturated carbocycles. The number of hydrogen-bond acceptors (Lipinski definition) is 5. The summed E-state index contributed by atoms with van der Waals surface area (Å²) in [6.07, 6.45) is 6.72. The van der Waals surface area contributed by atoms with E-state index < -0.39 is 0 Å². The normalized spacial score (nSPS) is 17.6. The first-order valence-corrected chi connectivity index (χ1v) is 12.0. The van der Waals surface area contributed by atoms with Crippen molar-refractivity contribution in [3.05, 3.63) is 59.1 Å². The molecule has 1 aliphatic carbocycles. The standard InChI is InChI=1S/C24H26ClN3O2S/c1-30-20-12-11-18(15-19(20)25)26-21(29)16-31-23-22(17-9-5-4-6-10-17)27-24(28-23)13-7-2-3-8-14-24/h4-6,9-12,15H,2-3,7-8,13-14,16H2,1H3,(H,26,29). The van der Waals surface area contributed by atoms with E-state index in [4.69, 9.17) is 26.3 Å². The number of ether oxygens (including phenoxy) is 1. The molecular weight excluding hydrogens is 430 g/mol. The van der Waals surface area contributed by atoms with Gasteiger partial charge in [0.2, 0.25) is 5.91 Å². The van der Waals surface area contributed by atoms with Gasteiger partial charge in [-0.1, -0.05) is 66.5 Å². The van der Waals surface area contributed by atoms with E-state index in [0.717, 1.165) is 42.0 Å². The summed E-state index contributed by atoms with van der Waals surface area (Å²) in [6, 6.07) is 15.3. The second-order valence-corrected chi connectivity index (χ2v) is 9.20. The minimum atomic E-state index is -0.357. The summed E-state index contributed by atoms with van der Waals surface area (Å²) >= 11 is 7.61. The molecule has 7 heteroatoms. The van der Waals surface area contributed by atoms with Crippen LogP contribution in [0.2, 0.25) is 5.02 Å². The van der Waals surface area contributed by atoms with Crippen molar-refractivity contribution in [1.29, 1.82) is 0 Å². The number of carbonyl (C=O) groups is 1. The second kappa shape index (κ2) is 9.88. The fraction of sp³-hybridized carbons (Fsp3) is 0.375. The van der Waals surface area contributed by atoms with Crippen LogP contribution >= 0.6 is 23.4 Å². The van der Waals surface area contributed by atoms with Crippen LogP contribution in [0.15, 0.2) is 58.5 Å². The molecule has 1 heterocycles. The highest BCUT2D eigenvalue weighted by molar-refractivity contribution is 8.16. The fourth-order valence-electron chi connectivity index (χ4n) is 4.00. The predicted octanol–water partition coefficient (Wildman–Crippen LogP) is 5.97. The van der Waals surface area contributed by atoms with Crippen molar-refractivity contribution in [2.24, 2.45) is 9.98 Å². The van der Waals surface area contributed by atoms with E-state index in [9.17, 15) is 4.79 Å². The summed E-state index contributed by atoms with van der Waals surface area (Å²) in [7, 11) is 1.56. The molecule has 0 unspecified atom stereocenters. The zero-order valence-electron chi connectivity index (χ0n) is 17.6. The lowest BCUT2D eigenvalue weighted by Crippen LogP contribution is -2.20. The van der Waals surface area contributed by atoms with E-state index in [-0.39, 0.29) is 17.3 Å². The van der Waals surface area contributed by atoms with Gasteiger partial charge in [-0.3, -0.25) is 9.79 Å². The molecule has 4 rings (SSSR count). The van der Waals surface area contributed by atoms with Crippen molar-refractivity contribution in [3.63, 3.8) is 0 Å². The molecule has 1 aliphatic heterocycles. The van der Waals surface area contributed by atoms with Gasteiger partial charge in [0.05, 0.1) is 23.6 Å². The molecule has 1 N–H and O–H groups in total. The maximum Gasteiger partial charge on any atom is 0.234 e. The van der Waals surface area contributed by atoms with Gasteiger partial charge in [0.15, 0.2) is 5.66 Å². The first-order chi connectivity index (χ1) is 15.1. The number of carbonyl (C=O) groups excluding carboxylic acids is 1. The van der Waals surface area contributed by atoms with Gasteiger partial charge in [-0.2, -0.15) is 0 Å². The van der Waals surface area contributed by atoms with Crippen LogP contribution in [0.25, 0.3) is 0 Å². The first-order valence-electron chi connectivity index (χ1n) is 10.6. The van der Waals surface area contributed by atoms with Crippen LogP contribution < -0.4 is 10.1 Å². The number of benzene rings is 2.